The van der Waals surface area contributed by atoms with E-state index in [2.05, 4.69) is 112 Å². The first kappa shape index (κ1) is 61.3. The summed E-state index contributed by atoms with van der Waals surface area (Å²) in [6.45, 7) is 6.42. The zero-order valence-corrected chi connectivity index (χ0v) is 42.2. The summed E-state index contributed by atoms with van der Waals surface area (Å²) in [4.78, 5) is 38.0. The molecule has 0 aromatic rings. The summed E-state index contributed by atoms with van der Waals surface area (Å²) in [6, 6.07) is 0. The zero-order valence-electron chi connectivity index (χ0n) is 42.2. The Balaban J connectivity index is 4.52. The fourth-order valence-corrected chi connectivity index (χ4v) is 7.04. The van der Waals surface area contributed by atoms with Crippen molar-refractivity contribution in [1.82, 2.24) is 0 Å². The van der Waals surface area contributed by atoms with Crippen molar-refractivity contribution in [2.75, 3.05) is 13.2 Å². The van der Waals surface area contributed by atoms with Crippen molar-refractivity contribution in [2.45, 2.75) is 245 Å². The summed E-state index contributed by atoms with van der Waals surface area (Å²) < 4.78 is 16.7. The highest BCUT2D eigenvalue weighted by molar-refractivity contribution is 5.71. The fraction of sp³-hybridized carbons (Fsp3) is 0.678. The van der Waals surface area contributed by atoms with Gasteiger partial charge in [-0.3, -0.25) is 14.4 Å². The molecular weight excluding hydrogens is 805 g/mol. The van der Waals surface area contributed by atoms with E-state index in [1.165, 1.54) is 89.9 Å². The van der Waals surface area contributed by atoms with Crippen LogP contribution in [0.4, 0.5) is 0 Å². The van der Waals surface area contributed by atoms with Gasteiger partial charge in [0, 0.05) is 19.3 Å². The van der Waals surface area contributed by atoms with E-state index in [0.717, 1.165) is 103 Å². The summed E-state index contributed by atoms with van der Waals surface area (Å²) >= 11 is 0. The highest BCUT2D eigenvalue weighted by Gasteiger charge is 2.19. The molecule has 0 fully saturated rings. The summed E-state index contributed by atoms with van der Waals surface area (Å²) in [6.07, 6.45) is 69.7. The Labute approximate surface area is 400 Å². The molecule has 0 amide bonds. The van der Waals surface area contributed by atoms with Crippen LogP contribution in [-0.2, 0) is 28.6 Å². The Morgan fingerprint density at radius 1 is 0.323 bits per heavy atom. The standard InChI is InChI=1S/C59H98O6/c1-4-7-10-13-16-19-22-25-27-28-29-30-32-34-37-40-43-46-49-52-58(61)64-55-56(54-63-57(60)51-48-45-42-39-36-33-24-21-18-15-12-9-6-3)65-59(62)53-50-47-44-41-38-35-31-26-23-20-17-14-11-8-5-2/h7,10,16,19,21,24-27,29-31,34,37,43,46,56H,4-6,8-9,11-15,17-18,20,22-23,28,32-33,35-36,38-42,44-45,47-55H2,1-3H3/b10-7-,19-16-,24-21-,27-25-,30-29-,31-26-,37-34-,46-43-/t56-/m0/s1. The lowest BCUT2D eigenvalue weighted by Gasteiger charge is -2.18. The van der Waals surface area contributed by atoms with Gasteiger partial charge in [0.2, 0.25) is 0 Å². The van der Waals surface area contributed by atoms with Crippen LogP contribution in [0.15, 0.2) is 97.2 Å². The summed E-state index contributed by atoms with van der Waals surface area (Å²) in [7, 11) is 0. The maximum absolute atomic E-state index is 12.8. The molecule has 0 aliphatic rings. The van der Waals surface area contributed by atoms with Crippen molar-refractivity contribution in [1.29, 1.82) is 0 Å². The number of hydrogen-bond acceptors (Lipinski definition) is 6. The van der Waals surface area contributed by atoms with Crippen molar-refractivity contribution >= 4 is 17.9 Å². The van der Waals surface area contributed by atoms with Gasteiger partial charge in [0.1, 0.15) is 13.2 Å². The molecule has 0 radical (unpaired) electrons. The Bertz CT molecular complexity index is 1310. The molecule has 0 bridgehead atoms. The first-order valence-electron chi connectivity index (χ1n) is 26.7. The van der Waals surface area contributed by atoms with Gasteiger partial charge < -0.3 is 14.2 Å². The van der Waals surface area contributed by atoms with Crippen LogP contribution in [0.25, 0.3) is 0 Å². The van der Waals surface area contributed by atoms with Crippen LogP contribution in [0.3, 0.4) is 0 Å². The summed E-state index contributed by atoms with van der Waals surface area (Å²) in [5.74, 6) is -1.01. The lowest BCUT2D eigenvalue weighted by Crippen LogP contribution is -2.30. The number of carbonyl (C=O) groups is 3. The molecule has 0 rings (SSSR count). The molecule has 1 atom stereocenters. The van der Waals surface area contributed by atoms with Gasteiger partial charge in [0.15, 0.2) is 6.10 Å². The minimum atomic E-state index is -0.816. The molecule has 6 nitrogen and oxygen atoms in total. The number of carbonyl (C=O) groups excluding carboxylic acids is 3. The molecule has 0 heterocycles. The van der Waals surface area contributed by atoms with Crippen molar-refractivity contribution < 1.29 is 28.6 Å². The van der Waals surface area contributed by atoms with Crippen LogP contribution in [0.1, 0.15) is 239 Å². The Hall–Kier alpha value is -3.67. The van der Waals surface area contributed by atoms with Crippen molar-refractivity contribution in [2.24, 2.45) is 0 Å². The molecule has 0 aromatic carbocycles. The van der Waals surface area contributed by atoms with Gasteiger partial charge in [0.25, 0.3) is 0 Å². The van der Waals surface area contributed by atoms with Gasteiger partial charge in [-0.2, -0.15) is 0 Å². The van der Waals surface area contributed by atoms with Crippen molar-refractivity contribution in [3.05, 3.63) is 97.2 Å². The fourth-order valence-electron chi connectivity index (χ4n) is 7.04. The molecule has 0 aliphatic carbocycles. The van der Waals surface area contributed by atoms with Crippen LogP contribution >= 0.6 is 0 Å². The number of allylic oxidation sites excluding steroid dienone is 16. The molecule has 65 heavy (non-hydrogen) atoms. The van der Waals surface area contributed by atoms with E-state index in [9.17, 15) is 14.4 Å². The first-order chi connectivity index (χ1) is 32.0. The predicted molar refractivity (Wildman–Crippen MR) is 279 cm³/mol. The quantitative estimate of drug-likeness (QED) is 0.0262. The maximum Gasteiger partial charge on any atom is 0.306 e. The average Bonchev–Trinajstić information content (AvgIpc) is 3.30. The first-order valence-corrected chi connectivity index (χ1v) is 26.7. The van der Waals surface area contributed by atoms with Gasteiger partial charge in [0.05, 0.1) is 0 Å². The van der Waals surface area contributed by atoms with E-state index in [4.69, 9.17) is 14.2 Å². The molecule has 0 aromatic heterocycles. The van der Waals surface area contributed by atoms with Crippen LogP contribution < -0.4 is 0 Å². The number of rotatable bonds is 47. The smallest absolute Gasteiger partial charge is 0.306 e. The number of esters is 3. The third-order valence-electron chi connectivity index (χ3n) is 11.1. The monoisotopic (exact) mass is 903 g/mol. The second-order valence-electron chi connectivity index (χ2n) is 17.4. The zero-order chi connectivity index (χ0) is 47.2. The summed E-state index contributed by atoms with van der Waals surface area (Å²) in [5, 5.41) is 0. The van der Waals surface area contributed by atoms with Crippen LogP contribution in [0.5, 0.6) is 0 Å². The van der Waals surface area contributed by atoms with Gasteiger partial charge >= 0.3 is 17.9 Å². The SMILES string of the molecule is CC/C=C\C/C=C\C/C=C\C/C=C\C/C=C\C/C=C\CCC(=O)OC[C@H](COC(=O)CCCCCCC/C=C\CCCCCC)OC(=O)CCCCCCC/C=C\CCCCCCCC. The van der Waals surface area contributed by atoms with Gasteiger partial charge in [-0.25, -0.2) is 0 Å². The molecular formula is C59H98O6. The number of hydrogen-bond donors (Lipinski definition) is 0. The van der Waals surface area contributed by atoms with Crippen molar-refractivity contribution in [3.63, 3.8) is 0 Å². The number of ether oxygens (including phenoxy) is 3. The predicted octanol–water partition coefficient (Wildman–Crippen LogP) is 17.8. The van der Waals surface area contributed by atoms with E-state index in [1.807, 2.05) is 6.08 Å². The molecule has 0 saturated heterocycles. The third kappa shape index (κ3) is 51.2. The normalized spacial score (nSPS) is 12.8. The van der Waals surface area contributed by atoms with E-state index < -0.39 is 6.10 Å². The van der Waals surface area contributed by atoms with E-state index in [1.54, 1.807) is 0 Å². The van der Waals surface area contributed by atoms with Gasteiger partial charge in [-0.15, -0.1) is 0 Å². The minimum Gasteiger partial charge on any atom is -0.462 e. The molecule has 6 heteroatoms. The molecule has 0 N–H and O–H groups in total. The van der Waals surface area contributed by atoms with Crippen LogP contribution in [-0.4, -0.2) is 37.2 Å². The topological polar surface area (TPSA) is 78.9 Å². The van der Waals surface area contributed by atoms with Gasteiger partial charge in [-0.05, 0) is 109 Å². The molecule has 0 saturated carbocycles. The van der Waals surface area contributed by atoms with Gasteiger partial charge in [-0.1, -0.05) is 208 Å². The van der Waals surface area contributed by atoms with E-state index >= 15 is 0 Å². The van der Waals surface area contributed by atoms with Crippen LogP contribution in [0, 0.1) is 0 Å². The summed E-state index contributed by atoms with van der Waals surface area (Å²) in [5.41, 5.74) is 0. The Morgan fingerprint density at radius 2 is 0.631 bits per heavy atom. The molecule has 0 spiro atoms. The average molecular weight is 903 g/mol. The van der Waals surface area contributed by atoms with Crippen LogP contribution in [0.2, 0.25) is 0 Å². The lowest BCUT2D eigenvalue weighted by molar-refractivity contribution is -0.166. The highest BCUT2D eigenvalue weighted by Crippen LogP contribution is 2.13. The van der Waals surface area contributed by atoms with Crippen molar-refractivity contribution in [3.8, 4) is 0 Å². The second kappa shape index (κ2) is 52.9. The largest absolute Gasteiger partial charge is 0.462 e. The maximum atomic E-state index is 12.8. The van der Waals surface area contributed by atoms with E-state index in [-0.39, 0.29) is 37.5 Å². The Morgan fingerprint density at radius 3 is 1.05 bits per heavy atom. The second-order valence-corrected chi connectivity index (χ2v) is 17.4. The minimum absolute atomic E-state index is 0.109. The highest BCUT2D eigenvalue weighted by atomic mass is 16.6. The molecule has 0 unspecified atom stereocenters. The van der Waals surface area contributed by atoms with E-state index in [0.29, 0.717) is 19.3 Å². The number of unbranched alkanes of at least 4 members (excludes halogenated alkanes) is 20. The third-order valence-corrected chi connectivity index (χ3v) is 11.1. The molecule has 370 valence electrons. The lowest BCUT2D eigenvalue weighted by atomic mass is 10.1. The molecule has 0 aliphatic heterocycles. The Kier molecular flexibility index (Phi) is 50.0.